The van der Waals surface area contributed by atoms with Gasteiger partial charge in [0.1, 0.15) is 0 Å². The summed E-state index contributed by atoms with van der Waals surface area (Å²) in [6.45, 7) is 0.203. The van der Waals surface area contributed by atoms with Crippen molar-refractivity contribution in [3.05, 3.63) is 19.2 Å². The molecular formula is C12H13Br2NO3S. The Morgan fingerprint density at radius 1 is 1.37 bits per heavy atom. The standard InChI is InChI=1S/C12H13Br2NO3S/c13-7-5-8(19-9(7)14)10(16)15-6-12(11(17)18)3-1-2-4-12/h5H,1-4,6H2,(H,15,16)(H,17,18). The molecule has 4 nitrogen and oxygen atoms in total. The molecule has 0 bridgehead atoms. The van der Waals surface area contributed by atoms with Crippen LogP contribution in [0.3, 0.4) is 0 Å². The van der Waals surface area contributed by atoms with E-state index in [0.29, 0.717) is 17.7 Å². The molecule has 1 aliphatic carbocycles. The summed E-state index contributed by atoms with van der Waals surface area (Å²) in [6.07, 6.45) is 3.11. The summed E-state index contributed by atoms with van der Waals surface area (Å²) in [5, 5.41) is 12.1. The van der Waals surface area contributed by atoms with Gasteiger partial charge < -0.3 is 10.4 Å². The van der Waals surface area contributed by atoms with Crippen molar-refractivity contribution in [3.63, 3.8) is 0 Å². The molecule has 0 atom stereocenters. The maximum absolute atomic E-state index is 12.0. The Labute approximate surface area is 131 Å². The molecule has 1 aromatic heterocycles. The molecule has 1 heterocycles. The highest BCUT2D eigenvalue weighted by Gasteiger charge is 2.41. The van der Waals surface area contributed by atoms with E-state index in [1.807, 2.05) is 0 Å². The molecule has 104 valence electrons. The van der Waals surface area contributed by atoms with Crippen molar-refractivity contribution in [3.8, 4) is 0 Å². The van der Waals surface area contributed by atoms with Crippen LogP contribution in [-0.4, -0.2) is 23.5 Å². The SMILES string of the molecule is O=C(NCC1(C(=O)O)CCCC1)c1cc(Br)c(Br)s1. The monoisotopic (exact) mass is 409 g/mol. The van der Waals surface area contributed by atoms with Crippen LogP contribution in [-0.2, 0) is 4.79 Å². The number of carboxylic acids is 1. The zero-order chi connectivity index (χ0) is 14.0. The minimum Gasteiger partial charge on any atom is -0.481 e. The van der Waals surface area contributed by atoms with Crippen molar-refractivity contribution in [1.82, 2.24) is 5.32 Å². The van der Waals surface area contributed by atoms with E-state index in [0.717, 1.165) is 21.1 Å². The third-order valence-corrected chi connectivity index (χ3v) is 6.73. The lowest BCUT2D eigenvalue weighted by atomic mass is 9.86. The number of hydrogen-bond donors (Lipinski definition) is 2. The van der Waals surface area contributed by atoms with E-state index in [-0.39, 0.29) is 12.5 Å². The number of carboxylic acid groups (broad SMARTS) is 1. The molecule has 0 radical (unpaired) electrons. The number of carbonyl (C=O) groups excluding carboxylic acids is 1. The van der Waals surface area contributed by atoms with Crippen molar-refractivity contribution in [1.29, 1.82) is 0 Å². The van der Waals surface area contributed by atoms with E-state index >= 15 is 0 Å². The van der Waals surface area contributed by atoms with Crippen LogP contribution in [0, 0.1) is 5.41 Å². The fourth-order valence-corrected chi connectivity index (χ4v) is 4.27. The Kier molecular flexibility index (Phi) is 4.68. The molecule has 0 aromatic carbocycles. The average Bonchev–Trinajstić information content (AvgIpc) is 2.95. The van der Waals surface area contributed by atoms with E-state index < -0.39 is 11.4 Å². The van der Waals surface area contributed by atoms with Gasteiger partial charge in [-0.1, -0.05) is 12.8 Å². The number of amides is 1. The van der Waals surface area contributed by atoms with Gasteiger partial charge in [0.15, 0.2) is 0 Å². The third kappa shape index (κ3) is 3.20. The van der Waals surface area contributed by atoms with Gasteiger partial charge in [-0.3, -0.25) is 9.59 Å². The number of aliphatic carboxylic acids is 1. The highest BCUT2D eigenvalue weighted by Crippen LogP contribution is 2.38. The molecule has 2 rings (SSSR count). The van der Waals surface area contributed by atoms with Crippen molar-refractivity contribution in [2.24, 2.45) is 5.41 Å². The van der Waals surface area contributed by atoms with Crippen molar-refractivity contribution in [2.75, 3.05) is 6.54 Å². The summed E-state index contributed by atoms with van der Waals surface area (Å²) in [7, 11) is 0. The van der Waals surface area contributed by atoms with E-state index in [1.165, 1.54) is 11.3 Å². The van der Waals surface area contributed by atoms with Gasteiger partial charge in [-0.2, -0.15) is 0 Å². The second kappa shape index (κ2) is 5.93. The zero-order valence-corrected chi connectivity index (χ0v) is 14.0. The van der Waals surface area contributed by atoms with Crippen molar-refractivity contribution < 1.29 is 14.7 Å². The maximum Gasteiger partial charge on any atom is 0.311 e. The first kappa shape index (κ1) is 15.0. The van der Waals surface area contributed by atoms with Crippen LogP contribution in [0.5, 0.6) is 0 Å². The topological polar surface area (TPSA) is 66.4 Å². The number of hydrogen-bond acceptors (Lipinski definition) is 3. The molecule has 1 amide bonds. The number of carbonyl (C=O) groups is 2. The summed E-state index contributed by atoms with van der Waals surface area (Å²) in [6, 6.07) is 1.73. The van der Waals surface area contributed by atoms with Crippen molar-refractivity contribution in [2.45, 2.75) is 25.7 Å². The first-order valence-electron chi connectivity index (χ1n) is 5.91. The van der Waals surface area contributed by atoms with Gasteiger partial charge in [0.2, 0.25) is 0 Å². The van der Waals surface area contributed by atoms with Gasteiger partial charge in [-0.05, 0) is 50.8 Å². The molecule has 0 saturated heterocycles. The minimum atomic E-state index is -0.807. The summed E-state index contributed by atoms with van der Waals surface area (Å²) in [4.78, 5) is 23.9. The van der Waals surface area contributed by atoms with Crippen LogP contribution in [0.4, 0.5) is 0 Å². The van der Waals surface area contributed by atoms with E-state index in [4.69, 9.17) is 0 Å². The molecule has 1 fully saturated rings. The van der Waals surface area contributed by atoms with Gasteiger partial charge in [-0.15, -0.1) is 11.3 Å². The van der Waals surface area contributed by atoms with Crippen LogP contribution in [0.1, 0.15) is 35.4 Å². The van der Waals surface area contributed by atoms with Gasteiger partial charge in [-0.25, -0.2) is 0 Å². The zero-order valence-electron chi connectivity index (χ0n) is 10.0. The van der Waals surface area contributed by atoms with Crippen LogP contribution in [0.25, 0.3) is 0 Å². The van der Waals surface area contributed by atoms with Crippen LogP contribution < -0.4 is 5.32 Å². The number of nitrogens with one attached hydrogen (secondary N) is 1. The number of thiophene rings is 1. The summed E-state index contributed by atoms with van der Waals surface area (Å²) in [5.41, 5.74) is -0.776. The maximum atomic E-state index is 12.0. The summed E-state index contributed by atoms with van der Waals surface area (Å²) in [5.74, 6) is -1.03. The first-order valence-corrected chi connectivity index (χ1v) is 8.31. The largest absolute Gasteiger partial charge is 0.481 e. The summed E-state index contributed by atoms with van der Waals surface area (Å²) >= 11 is 7.98. The van der Waals surface area contributed by atoms with Gasteiger partial charge in [0.25, 0.3) is 5.91 Å². The lowest BCUT2D eigenvalue weighted by Crippen LogP contribution is -2.41. The lowest BCUT2D eigenvalue weighted by Gasteiger charge is -2.23. The molecule has 7 heteroatoms. The molecule has 0 spiro atoms. The van der Waals surface area contributed by atoms with Gasteiger partial charge >= 0.3 is 5.97 Å². The minimum absolute atomic E-state index is 0.203. The summed E-state index contributed by atoms with van der Waals surface area (Å²) < 4.78 is 1.68. The normalized spacial score (nSPS) is 17.4. The van der Waals surface area contributed by atoms with Gasteiger partial charge in [0, 0.05) is 11.0 Å². The van der Waals surface area contributed by atoms with Crippen LogP contribution in [0.2, 0.25) is 0 Å². The Balaban J connectivity index is 2.01. The number of halogens is 2. The van der Waals surface area contributed by atoms with E-state index in [9.17, 15) is 14.7 Å². The quantitative estimate of drug-likeness (QED) is 0.795. The molecule has 1 aromatic rings. The molecule has 2 N–H and O–H groups in total. The predicted octanol–water partition coefficient (Wildman–Crippen LogP) is 3.65. The second-order valence-corrected chi connectivity index (χ2v) is 7.93. The Morgan fingerprint density at radius 2 is 2.00 bits per heavy atom. The second-order valence-electron chi connectivity index (χ2n) is 4.71. The molecular weight excluding hydrogens is 398 g/mol. The highest BCUT2D eigenvalue weighted by molar-refractivity contribution is 9.13. The smallest absolute Gasteiger partial charge is 0.311 e. The highest BCUT2D eigenvalue weighted by atomic mass is 79.9. The van der Waals surface area contributed by atoms with Crippen LogP contribution in [0.15, 0.2) is 14.3 Å². The predicted molar refractivity (Wildman–Crippen MR) is 80.6 cm³/mol. The Hall–Kier alpha value is -0.400. The number of rotatable bonds is 4. The molecule has 0 aliphatic heterocycles. The van der Waals surface area contributed by atoms with E-state index in [2.05, 4.69) is 37.2 Å². The van der Waals surface area contributed by atoms with Gasteiger partial charge in [0.05, 0.1) is 14.1 Å². The average molecular weight is 411 g/mol. The molecule has 1 aliphatic rings. The van der Waals surface area contributed by atoms with E-state index in [1.54, 1.807) is 6.07 Å². The Bertz CT molecular complexity index is 490. The Morgan fingerprint density at radius 3 is 2.47 bits per heavy atom. The lowest BCUT2D eigenvalue weighted by molar-refractivity contribution is -0.148. The third-order valence-electron chi connectivity index (χ3n) is 3.47. The molecule has 0 unspecified atom stereocenters. The molecule has 19 heavy (non-hydrogen) atoms. The fourth-order valence-electron chi connectivity index (χ4n) is 2.31. The molecule has 1 saturated carbocycles. The van der Waals surface area contributed by atoms with Crippen LogP contribution >= 0.6 is 43.2 Å². The fraction of sp³-hybridized carbons (Fsp3) is 0.500. The van der Waals surface area contributed by atoms with Crippen molar-refractivity contribution >= 4 is 55.1 Å². The first-order chi connectivity index (χ1) is 8.94.